The van der Waals surface area contributed by atoms with E-state index in [1.54, 1.807) is 24.3 Å². The molecular formula is C24H23N5O. The highest BCUT2D eigenvalue weighted by Gasteiger charge is 2.17. The number of rotatable bonds is 5. The third kappa shape index (κ3) is 4.65. The Morgan fingerprint density at radius 2 is 2.07 bits per heavy atom. The number of anilines is 1. The average molecular weight is 397 g/mol. The number of aryl methyl sites for hydroxylation is 1. The molecule has 3 aromatic rings. The maximum absolute atomic E-state index is 12.3. The third-order valence-electron chi connectivity index (χ3n) is 5.19. The summed E-state index contributed by atoms with van der Waals surface area (Å²) in [5.41, 5.74) is 5.82. The number of hydrogen-bond acceptors (Lipinski definition) is 4. The molecule has 2 heterocycles. The molecule has 30 heavy (non-hydrogen) atoms. The van der Waals surface area contributed by atoms with Crippen LogP contribution in [0, 0.1) is 18.3 Å². The predicted octanol–water partition coefficient (Wildman–Crippen LogP) is 3.78. The van der Waals surface area contributed by atoms with E-state index in [4.69, 9.17) is 5.26 Å². The van der Waals surface area contributed by atoms with Crippen molar-refractivity contribution >= 4 is 17.2 Å². The SMILES string of the molecule is Cc1ccc(-n2cc(C3=CCN(CC(=O)Nc4cccc(C#N)c4)CC3)cn2)cc1. The lowest BCUT2D eigenvalue weighted by Crippen LogP contribution is -2.36. The Morgan fingerprint density at radius 1 is 1.23 bits per heavy atom. The van der Waals surface area contributed by atoms with Gasteiger partial charge in [-0.05, 0) is 49.2 Å². The van der Waals surface area contributed by atoms with E-state index in [2.05, 4.69) is 64.8 Å². The monoisotopic (exact) mass is 397 g/mol. The van der Waals surface area contributed by atoms with Crippen LogP contribution in [0.4, 0.5) is 5.69 Å². The molecule has 1 aromatic heterocycles. The molecule has 4 rings (SSSR count). The lowest BCUT2D eigenvalue weighted by molar-refractivity contribution is -0.117. The summed E-state index contributed by atoms with van der Waals surface area (Å²) in [6, 6.07) is 17.3. The van der Waals surface area contributed by atoms with Crippen LogP contribution in [0.3, 0.4) is 0 Å². The van der Waals surface area contributed by atoms with Crippen LogP contribution in [-0.4, -0.2) is 40.2 Å². The second-order valence-electron chi connectivity index (χ2n) is 7.46. The van der Waals surface area contributed by atoms with Gasteiger partial charge in [0.05, 0.1) is 30.1 Å². The van der Waals surface area contributed by atoms with Crippen LogP contribution in [0.2, 0.25) is 0 Å². The molecule has 0 fully saturated rings. The Balaban J connectivity index is 1.34. The van der Waals surface area contributed by atoms with Crippen LogP contribution >= 0.6 is 0 Å². The van der Waals surface area contributed by atoms with E-state index in [1.807, 2.05) is 10.9 Å². The Hall–Kier alpha value is -3.69. The van der Waals surface area contributed by atoms with Gasteiger partial charge >= 0.3 is 0 Å². The Kier molecular flexibility index (Phi) is 5.73. The lowest BCUT2D eigenvalue weighted by atomic mass is 10.0. The topological polar surface area (TPSA) is 74.0 Å². The minimum Gasteiger partial charge on any atom is -0.325 e. The van der Waals surface area contributed by atoms with Crippen molar-refractivity contribution in [2.24, 2.45) is 0 Å². The summed E-state index contributed by atoms with van der Waals surface area (Å²) in [7, 11) is 0. The summed E-state index contributed by atoms with van der Waals surface area (Å²) in [5, 5.41) is 16.3. The molecule has 1 aliphatic rings. The van der Waals surface area contributed by atoms with Crippen molar-refractivity contribution in [2.75, 3.05) is 25.0 Å². The molecule has 2 aromatic carbocycles. The standard InChI is InChI=1S/C24H23N5O/c1-18-5-7-23(8-6-18)29-16-21(15-26-29)20-9-11-28(12-10-20)17-24(30)27-22-4-2-3-19(13-22)14-25/h2-9,13,15-16H,10-12,17H2,1H3,(H,27,30). The van der Waals surface area contributed by atoms with E-state index in [1.165, 1.54) is 11.1 Å². The van der Waals surface area contributed by atoms with Crippen molar-refractivity contribution < 1.29 is 4.79 Å². The number of nitrogens with zero attached hydrogens (tertiary/aromatic N) is 4. The zero-order valence-corrected chi connectivity index (χ0v) is 16.9. The zero-order valence-electron chi connectivity index (χ0n) is 16.9. The van der Waals surface area contributed by atoms with Gasteiger partial charge in [-0.3, -0.25) is 9.69 Å². The maximum atomic E-state index is 12.3. The summed E-state index contributed by atoms with van der Waals surface area (Å²) in [6.07, 6.45) is 7.00. The van der Waals surface area contributed by atoms with E-state index in [9.17, 15) is 4.79 Å². The van der Waals surface area contributed by atoms with Crippen molar-refractivity contribution in [1.29, 1.82) is 5.26 Å². The van der Waals surface area contributed by atoms with Crippen molar-refractivity contribution in [1.82, 2.24) is 14.7 Å². The zero-order chi connectivity index (χ0) is 20.9. The minimum absolute atomic E-state index is 0.0749. The van der Waals surface area contributed by atoms with Gasteiger partial charge in [-0.1, -0.05) is 29.8 Å². The first kappa shape index (κ1) is 19.6. The predicted molar refractivity (Wildman–Crippen MR) is 117 cm³/mol. The first-order valence-electron chi connectivity index (χ1n) is 9.94. The number of nitrogens with one attached hydrogen (secondary N) is 1. The fourth-order valence-electron chi connectivity index (χ4n) is 3.51. The number of aromatic nitrogens is 2. The highest BCUT2D eigenvalue weighted by molar-refractivity contribution is 5.92. The molecule has 0 unspecified atom stereocenters. The first-order valence-corrected chi connectivity index (χ1v) is 9.94. The number of amides is 1. The number of nitriles is 1. The molecule has 0 atom stereocenters. The van der Waals surface area contributed by atoms with E-state index < -0.39 is 0 Å². The van der Waals surface area contributed by atoms with Crippen LogP contribution in [0.1, 0.15) is 23.1 Å². The minimum atomic E-state index is -0.0749. The summed E-state index contributed by atoms with van der Waals surface area (Å²) in [4.78, 5) is 14.5. The molecule has 6 nitrogen and oxygen atoms in total. The molecule has 0 radical (unpaired) electrons. The van der Waals surface area contributed by atoms with Crippen LogP contribution in [0.5, 0.6) is 0 Å². The van der Waals surface area contributed by atoms with Gasteiger partial charge in [0.15, 0.2) is 0 Å². The Morgan fingerprint density at radius 3 is 2.80 bits per heavy atom. The summed E-state index contributed by atoms with van der Waals surface area (Å²) in [6.45, 7) is 3.92. The van der Waals surface area contributed by atoms with Crippen LogP contribution < -0.4 is 5.32 Å². The molecule has 1 aliphatic heterocycles. The number of carbonyl (C=O) groups excluding carboxylic acids is 1. The largest absolute Gasteiger partial charge is 0.325 e. The molecule has 1 N–H and O–H groups in total. The van der Waals surface area contributed by atoms with Crippen LogP contribution in [0.25, 0.3) is 11.3 Å². The van der Waals surface area contributed by atoms with Crippen molar-refractivity contribution in [3.8, 4) is 11.8 Å². The van der Waals surface area contributed by atoms with Crippen LogP contribution in [-0.2, 0) is 4.79 Å². The third-order valence-corrected chi connectivity index (χ3v) is 5.19. The quantitative estimate of drug-likeness (QED) is 0.711. The van der Waals surface area contributed by atoms with Gasteiger partial charge in [-0.15, -0.1) is 0 Å². The fourth-order valence-corrected chi connectivity index (χ4v) is 3.51. The van der Waals surface area contributed by atoms with E-state index >= 15 is 0 Å². The molecule has 1 amide bonds. The Bertz CT molecular complexity index is 1120. The molecule has 0 saturated heterocycles. The van der Waals surface area contributed by atoms with E-state index in [-0.39, 0.29) is 5.91 Å². The van der Waals surface area contributed by atoms with Gasteiger partial charge in [0.2, 0.25) is 5.91 Å². The molecule has 150 valence electrons. The molecule has 0 saturated carbocycles. The highest BCUT2D eigenvalue weighted by Crippen LogP contribution is 2.23. The number of benzene rings is 2. The summed E-state index contributed by atoms with van der Waals surface area (Å²) in [5.74, 6) is -0.0749. The van der Waals surface area contributed by atoms with Gasteiger partial charge in [-0.2, -0.15) is 10.4 Å². The first-order chi connectivity index (χ1) is 14.6. The maximum Gasteiger partial charge on any atom is 0.238 e. The van der Waals surface area contributed by atoms with Crippen molar-refractivity contribution in [2.45, 2.75) is 13.3 Å². The number of hydrogen-bond donors (Lipinski definition) is 1. The number of carbonyl (C=O) groups is 1. The van der Waals surface area contributed by atoms with Gasteiger partial charge in [0.1, 0.15) is 0 Å². The second-order valence-corrected chi connectivity index (χ2v) is 7.46. The smallest absolute Gasteiger partial charge is 0.238 e. The highest BCUT2D eigenvalue weighted by atomic mass is 16.2. The summed E-state index contributed by atoms with van der Waals surface area (Å²) >= 11 is 0. The van der Waals surface area contributed by atoms with Gasteiger partial charge < -0.3 is 5.32 Å². The molecular weight excluding hydrogens is 374 g/mol. The van der Waals surface area contributed by atoms with Gasteiger partial charge in [0.25, 0.3) is 0 Å². The van der Waals surface area contributed by atoms with Crippen LogP contribution in [0.15, 0.2) is 67.0 Å². The fraction of sp³-hybridized carbons (Fsp3) is 0.208. The van der Waals surface area contributed by atoms with Crippen molar-refractivity contribution in [3.63, 3.8) is 0 Å². The van der Waals surface area contributed by atoms with E-state index in [0.717, 1.165) is 30.8 Å². The average Bonchev–Trinajstić information content (AvgIpc) is 3.25. The van der Waals surface area contributed by atoms with Gasteiger partial charge in [-0.25, -0.2) is 4.68 Å². The Labute approximate surface area is 176 Å². The molecule has 6 heteroatoms. The molecule has 0 bridgehead atoms. The second kappa shape index (κ2) is 8.76. The van der Waals surface area contributed by atoms with E-state index in [0.29, 0.717) is 17.8 Å². The molecule has 0 aliphatic carbocycles. The normalized spacial score (nSPS) is 14.1. The summed E-state index contributed by atoms with van der Waals surface area (Å²) < 4.78 is 1.89. The molecule has 0 spiro atoms. The lowest BCUT2D eigenvalue weighted by Gasteiger charge is -2.25. The van der Waals surface area contributed by atoms with Crippen molar-refractivity contribution in [3.05, 3.63) is 83.7 Å². The van der Waals surface area contributed by atoms with Gasteiger partial charge in [0, 0.05) is 30.5 Å².